The van der Waals surface area contributed by atoms with Gasteiger partial charge in [0, 0.05) is 12.7 Å². The average molecular weight is 391 g/mol. The maximum Gasteiger partial charge on any atom is 0.339 e. The van der Waals surface area contributed by atoms with Crippen LogP contribution in [0.15, 0.2) is 54.9 Å². The Hall–Kier alpha value is -3.61. The number of esters is 1. The topological polar surface area (TPSA) is 93.4 Å². The molecule has 3 N–H and O–H groups in total. The number of nitrogens with two attached hydrogens (primary N) is 1. The van der Waals surface area contributed by atoms with E-state index in [9.17, 15) is 4.79 Å². The van der Waals surface area contributed by atoms with Crippen molar-refractivity contribution in [3.8, 4) is 0 Å². The van der Waals surface area contributed by atoms with Crippen molar-refractivity contribution in [3.63, 3.8) is 0 Å². The number of anilines is 5. The molecule has 2 aromatic carbocycles. The van der Waals surface area contributed by atoms with E-state index >= 15 is 0 Å². The van der Waals surface area contributed by atoms with E-state index < -0.39 is 5.97 Å². The number of rotatable bonds is 6. The van der Waals surface area contributed by atoms with Crippen LogP contribution in [0.4, 0.5) is 28.7 Å². The van der Waals surface area contributed by atoms with Crippen LogP contribution in [0.1, 0.15) is 35.7 Å². The highest BCUT2D eigenvalue weighted by Crippen LogP contribution is 2.33. The molecule has 0 spiro atoms. The Morgan fingerprint density at radius 2 is 1.79 bits per heavy atom. The molecule has 1 aromatic heterocycles. The molecular weight excluding hydrogens is 366 g/mol. The lowest BCUT2D eigenvalue weighted by atomic mass is 10.0. The Labute approximate surface area is 170 Å². The molecule has 3 rings (SSSR count). The van der Waals surface area contributed by atoms with E-state index in [1.54, 1.807) is 24.1 Å². The number of nitrogens with zero attached hydrogens (tertiary/aromatic N) is 3. The van der Waals surface area contributed by atoms with Gasteiger partial charge in [0.2, 0.25) is 0 Å². The maximum absolute atomic E-state index is 12.1. The zero-order valence-electron chi connectivity index (χ0n) is 17.0. The van der Waals surface area contributed by atoms with Gasteiger partial charge in [-0.3, -0.25) is 0 Å². The second-order valence-electron chi connectivity index (χ2n) is 6.93. The molecule has 0 saturated heterocycles. The number of nitrogens with one attached hydrogen (secondary N) is 1. The summed E-state index contributed by atoms with van der Waals surface area (Å²) in [6.07, 6.45) is 1.44. The highest BCUT2D eigenvalue weighted by atomic mass is 16.5. The third kappa shape index (κ3) is 4.29. The molecule has 7 nitrogen and oxygen atoms in total. The van der Waals surface area contributed by atoms with Gasteiger partial charge in [0.15, 0.2) is 11.6 Å². The first-order valence-corrected chi connectivity index (χ1v) is 9.31. The molecule has 7 heteroatoms. The number of aromatic nitrogens is 2. The smallest absolute Gasteiger partial charge is 0.339 e. The second kappa shape index (κ2) is 8.60. The number of methoxy groups -OCH3 is 1. The number of carbonyl (C=O) groups is 1. The van der Waals surface area contributed by atoms with E-state index in [1.807, 2.05) is 24.3 Å². The lowest BCUT2D eigenvalue weighted by Gasteiger charge is -2.23. The normalized spacial score (nSPS) is 10.7. The van der Waals surface area contributed by atoms with Gasteiger partial charge in [0.25, 0.3) is 0 Å². The molecule has 0 aliphatic heterocycles. The first-order chi connectivity index (χ1) is 13.9. The van der Waals surface area contributed by atoms with Gasteiger partial charge >= 0.3 is 5.97 Å². The largest absolute Gasteiger partial charge is 0.465 e. The molecule has 150 valence electrons. The number of hydrogen-bond donors (Lipinski definition) is 2. The Kier molecular flexibility index (Phi) is 5.97. The summed E-state index contributed by atoms with van der Waals surface area (Å²) >= 11 is 0. The Balaban J connectivity index is 1.92. The summed E-state index contributed by atoms with van der Waals surface area (Å²) in [5.74, 6) is 1.01. The van der Waals surface area contributed by atoms with Crippen LogP contribution in [0, 0.1) is 0 Å². The Morgan fingerprint density at radius 1 is 1.10 bits per heavy atom. The summed E-state index contributed by atoms with van der Waals surface area (Å²) in [6.45, 7) is 4.30. The van der Waals surface area contributed by atoms with Crippen LogP contribution in [0.3, 0.4) is 0 Å². The molecule has 0 amide bonds. The maximum atomic E-state index is 12.1. The lowest BCUT2D eigenvalue weighted by Crippen LogP contribution is -2.18. The van der Waals surface area contributed by atoms with Crippen molar-refractivity contribution in [1.29, 1.82) is 0 Å². The molecule has 0 unspecified atom stereocenters. The molecule has 0 radical (unpaired) electrons. The monoisotopic (exact) mass is 391 g/mol. The second-order valence-corrected chi connectivity index (χ2v) is 6.93. The Morgan fingerprint density at radius 3 is 2.45 bits per heavy atom. The quantitative estimate of drug-likeness (QED) is 0.598. The first-order valence-electron chi connectivity index (χ1n) is 9.31. The predicted molar refractivity (Wildman–Crippen MR) is 116 cm³/mol. The van der Waals surface area contributed by atoms with Crippen LogP contribution >= 0.6 is 0 Å². The van der Waals surface area contributed by atoms with E-state index in [1.165, 1.54) is 19.0 Å². The molecule has 0 aliphatic carbocycles. The molecular formula is C22H25N5O2. The van der Waals surface area contributed by atoms with Crippen molar-refractivity contribution in [2.75, 3.05) is 30.1 Å². The summed E-state index contributed by atoms with van der Waals surface area (Å²) < 4.78 is 4.88. The summed E-state index contributed by atoms with van der Waals surface area (Å²) in [4.78, 5) is 22.5. The van der Waals surface area contributed by atoms with Crippen LogP contribution in [0.2, 0.25) is 0 Å². The van der Waals surface area contributed by atoms with Crippen molar-refractivity contribution in [3.05, 3.63) is 66.0 Å². The van der Waals surface area contributed by atoms with Gasteiger partial charge in [0.05, 0.1) is 18.4 Å². The lowest BCUT2D eigenvalue weighted by molar-refractivity contribution is 0.0601. The molecule has 0 saturated carbocycles. The highest BCUT2D eigenvalue weighted by molar-refractivity contribution is 5.97. The summed E-state index contributed by atoms with van der Waals surface area (Å²) in [7, 11) is 3.15. The highest BCUT2D eigenvalue weighted by Gasteiger charge is 2.19. The van der Waals surface area contributed by atoms with Crippen LogP contribution in [-0.4, -0.2) is 30.1 Å². The average Bonchev–Trinajstić information content (AvgIpc) is 2.74. The minimum Gasteiger partial charge on any atom is -0.465 e. The van der Waals surface area contributed by atoms with Crippen LogP contribution in [-0.2, 0) is 4.74 Å². The number of benzene rings is 2. The summed E-state index contributed by atoms with van der Waals surface area (Å²) in [6, 6.07) is 15.3. The van der Waals surface area contributed by atoms with Gasteiger partial charge in [-0.15, -0.1) is 0 Å². The molecule has 0 atom stereocenters. The van der Waals surface area contributed by atoms with Gasteiger partial charge in [-0.1, -0.05) is 38.1 Å². The van der Waals surface area contributed by atoms with Crippen LogP contribution in [0.25, 0.3) is 0 Å². The number of carbonyl (C=O) groups excluding carboxylic acids is 1. The van der Waals surface area contributed by atoms with Crippen molar-refractivity contribution in [1.82, 2.24) is 9.97 Å². The zero-order valence-corrected chi connectivity index (χ0v) is 17.0. The van der Waals surface area contributed by atoms with Crippen molar-refractivity contribution in [2.24, 2.45) is 0 Å². The SMILES string of the molecule is COC(=O)c1ccccc1N(C)c1ncnc(Nc2ccc(C(C)C)cc2)c1N. The summed E-state index contributed by atoms with van der Waals surface area (Å²) in [5, 5.41) is 3.24. The van der Waals surface area contributed by atoms with Gasteiger partial charge in [-0.25, -0.2) is 14.8 Å². The molecule has 0 fully saturated rings. The molecule has 0 aliphatic rings. The fraction of sp³-hybridized carbons (Fsp3) is 0.227. The molecule has 3 aromatic rings. The van der Waals surface area contributed by atoms with Crippen molar-refractivity contribution in [2.45, 2.75) is 19.8 Å². The van der Waals surface area contributed by atoms with E-state index in [0.29, 0.717) is 34.5 Å². The number of nitrogen functional groups attached to an aromatic ring is 1. The van der Waals surface area contributed by atoms with Crippen LogP contribution in [0.5, 0.6) is 0 Å². The molecule has 1 heterocycles. The van der Waals surface area contributed by atoms with Gasteiger partial charge in [0.1, 0.15) is 12.0 Å². The molecule has 0 bridgehead atoms. The minimum absolute atomic E-state index is 0.377. The Bertz CT molecular complexity index is 1000. The van der Waals surface area contributed by atoms with Crippen molar-refractivity contribution < 1.29 is 9.53 Å². The molecule has 29 heavy (non-hydrogen) atoms. The predicted octanol–water partition coefficient (Wildman–Crippen LogP) is 4.48. The standard InChI is InChI=1S/C22H25N5O2/c1-14(2)15-9-11-16(12-10-15)26-20-19(23)21(25-13-24-20)27(3)18-8-6-5-7-17(18)22(28)29-4/h5-14H,23H2,1-4H3,(H,24,25,26). The fourth-order valence-corrected chi connectivity index (χ4v) is 3.00. The van der Waals surface area contributed by atoms with Crippen LogP contribution < -0.4 is 16.0 Å². The van der Waals surface area contributed by atoms with Gasteiger partial charge < -0.3 is 20.7 Å². The van der Waals surface area contributed by atoms with E-state index in [-0.39, 0.29) is 0 Å². The number of hydrogen-bond acceptors (Lipinski definition) is 7. The number of para-hydroxylation sites is 1. The van der Waals surface area contributed by atoms with Gasteiger partial charge in [-0.2, -0.15) is 0 Å². The van der Waals surface area contributed by atoms with E-state index in [2.05, 4.69) is 41.3 Å². The third-order valence-corrected chi connectivity index (χ3v) is 4.69. The van der Waals surface area contributed by atoms with Gasteiger partial charge in [-0.05, 0) is 35.7 Å². The fourth-order valence-electron chi connectivity index (χ4n) is 3.00. The van der Waals surface area contributed by atoms with E-state index in [0.717, 1.165) is 5.69 Å². The van der Waals surface area contributed by atoms with Crippen molar-refractivity contribution >= 4 is 34.7 Å². The van der Waals surface area contributed by atoms with E-state index in [4.69, 9.17) is 10.5 Å². The minimum atomic E-state index is -0.427. The zero-order chi connectivity index (χ0) is 21.0. The first kappa shape index (κ1) is 20.1. The summed E-state index contributed by atoms with van der Waals surface area (Å²) in [5.41, 5.74) is 9.93. The third-order valence-electron chi connectivity index (χ3n) is 4.69. The number of ether oxygens (including phenoxy) is 1.